The van der Waals surface area contributed by atoms with Crippen molar-refractivity contribution in [2.75, 3.05) is 5.73 Å². The van der Waals surface area contributed by atoms with Crippen molar-refractivity contribution in [2.24, 2.45) is 0 Å². The summed E-state index contributed by atoms with van der Waals surface area (Å²) in [5.41, 5.74) is 8.97. The van der Waals surface area contributed by atoms with E-state index in [9.17, 15) is 9.18 Å². The Balaban J connectivity index is 2.21. The predicted molar refractivity (Wildman–Crippen MR) is 96.5 cm³/mol. The number of nitrogen functional groups attached to an aromatic ring is 1. The number of nitrogens with one attached hydrogen (secondary N) is 2. The van der Waals surface area contributed by atoms with Crippen LogP contribution in [-0.4, -0.2) is 15.2 Å². The molecule has 2 heterocycles. The predicted octanol–water partition coefficient (Wildman–Crippen LogP) is 3.86. The van der Waals surface area contributed by atoms with Crippen molar-refractivity contribution in [2.45, 2.75) is 6.92 Å². The molecule has 120 valence electrons. The van der Waals surface area contributed by atoms with Crippen LogP contribution in [0.3, 0.4) is 0 Å². The van der Waals surface area contributed by atoms with Gasteiger partial charge in [-0.25, -0.2) is 4.39 Å². The van der Waals surface area contributed by atoms with Crippen molar-refractivity contribution in [3.63, 3.8) is 0 Å². The molecule has 0 saturated heterocycles. The lowest BCUT2D eigenvalue weighted by atomic mass is 9.96. The Morgan fingerprint density at radius 2 is 2.04 bits per heavy atom. The molecule has 4 N–H and O–H groups in total. The lowest BCUT2D eigenvalue weighted by molar-refractivity contribution is 0.636. The van der Waals surface area contributed by atoms with Crippen LogP contribution in [0.2, 0.25) is 0 Å². The maximum absolute atomic E-state index is 13.9. The van der Waals surface area contributed by atoms with Crippen LogP contribution >= 0.6 is 15.9 Å². The number of fused-ring (bicyclic) bond motifs is 2. The van der Waals surface area contributed by atoms with Crippen LogP contribution < -0.4 is 11.3 Å². The molecule has 0 saturated carbocycles. The highest BCUT2D eigenvalue weighted by Crippen LogP contribution is 2.37. The van der Waals surface area contributed by atoms with Gasteiger partial charge >= 0.3 is 0 Å². The maximum atomic E-state index is 13.9. The Hall–Kier alpha value is -2.67. The number of pyridine rings is 1. The topological polar surface area (TPSA) is 87.6 Å². The van der Waals surface area contributed by atoms with Gasteiger partial charge in [-0.15, -0.1) is 0 Å². The summed E-state index contributed by atoms with van der Waals surface area (Å²) >= 11 is 3.51. The lowest BCUT2D eigenvalue weighted by Crippen LogP contribution is -2.13. The van der Waals surface area contributed by atoms with E-state index in [-0.39, 0.29) is 16.8 Å². The lowest BCUT2D eigenvalue weighted by Gasteiger charge is -2.12. The number of hydrogen-bond acceptors (Lipinski definition) is 3. The van der Waals surface area contributed by atoms with Gasteiger partial charge in [0.05, 0.1) is 6.20 Å². The number of aromatic nitrogens is 3. The highest BCUT2D eigenvalue weighted by molar-refractivity contribution is 9.10. The number of H-pyrrole nitrogens is 2. The summed E-state index contributed by atoms with van der Waals surface area (Å²) < 4.78 is 14.8. The van der Waals surface area contributed by atoms with Crippen molar-refractivity contribution in [1.29, 1.82) is 0 Å². The minimum absolute atomic E-state index is 0.0901. The zero-order valence-corrected chi connectivity index (χ0v) is 14.2. The van der Waals surface area contributed by atoms with Gasteiger partial charge in [-0.2, -0.15) is 5.10 Å². The average Bonchev–Trinajstić information content (AvgIpc) is 3.03. The molecule has 0 aliphatic rings. The number of nitrogens with two attached hydrogens (primary N) is 1. The van der Waals surface area contributed by atoms with Crippen LogP contribution in [-0.2, 0) is 0 Å². The smallest absolute Gasteiger partial charge is 0.272 e. The molecule has 0 aliphatic carbocycles. The molecule has 7 heteroatoms. The summed E-state index contributed by atoms with van der Waals surface area (Å²) in [6.45, 7) is 1.93. The van der Waals surface area contributed by atoms with E-state index in [2.05, 4.69) is 31.1 Å². The van der Waals surface area contributed by atoms with E-state index in [1.807, 2.05) is 19.1 Å². The molecule has 0 bridgehead atoms. The first-order valence-corrected chi connectivity index (χ1v) is 8.00. The van der Waals surface area contributed by atoms with Gasteiger partial charge in [-0.3, -0.25) is 9.89 Å². The van der Waals surface area contributed by atoms with E-state index in [4.69, 9.17) is 5.73 Å². The molecule has 0 spiro atoms. The third-order valence-electron chi connectivity index (χ3n) is 4.16. The molecule has 4 rings (SSSR count). The van der Waals surface area contributed by atoms with Crippen LogP contribution in [0.5, 0.6) is 0 Å². The molecule has 0 atom stereocenters. The third-order valence-corrected chi connectivity index (χ3v) is 5.02. The fourth-order valence-corrected chi connectivity index (χ4v) is 3.29. The van der Waals surface area contributed by atoms with Gasteiger partial charge in [0.25, 0.3) is 5.56 Å². The number of nitrogens with zero attached hydrogens (tertiary/aromatic N) is 1. The van der Waals surface area contributed by atoms with E-state index in [0.29, 0.717) is 22.0 Å². The Morgan fingerprint density at radius 3 is 2.83 bits per heavy atom. The van der Waals surface area contributed by atoms with Crippen LogP contribution in [0.15, 0.2) is 39.7 Å². The number of aromatic amines is 2. The van der Waals surface area contributed by atoms with Gasteiger partial charge in [-0.1, -0.05) is 22.0 Å². The maximum Gasteiger partial charge on any atom is 0.272 e. The zero-order valence-electron chi connectivity index (χ0n) is 12.6. The number of benzene rings is 2. The fraction of sp³-hybridized carbons (Fsp3) is 0.0588. The number of aryl methyl sites for hydroxylation is 1. The largest absolute Gasteiger partial charge is 0.394 e. The molecule has 24 heavy (non-hydrogen) atoms. The van der Waals surface area contributed by atoms with E-state index in [0.717, 1.165) is 15.4 Å². The second-order valence-electron chi connectivity index (χ2n) is 5.64. The number of anilines is 1. The Labute approximate surface area is 143 Å². The van der Waals surface area contributed by atoms with E-state index in [1.54, 1.807) is 6.07 Å². The first-order valence-electron chi connectivity index (χ1n) is 7.21. The zero-order chi connectivity index (χ0) is 17.0. The monoisotopic (exact) mass is 386 g/mol. The first-order chi connectivity index (χ1) is 11.5. The molecule has 2 aromatic heterocycles. The van der Waals surface area contributed by atoms with Crippen LogP contribution in [0.25, 0.3) is 32.9 Å². The molecule has 0 unspecified atom stereocenters. The fourth-order valence-electron chi connectivity index (χ4n) is 2.95. The number of halogens is 2. The van der Waals surface area contributed by atoms with E-state index in [1.165, 1.54) is 12.3 Å². The third kappa shape index (κ3) is 2.05. The first kappa shape index (κ1) is 14.9. The van der Waals surface area contributed by atoms with Crippen molar-refractivity contribution in [3.8, 4) is 11.1 Å². The van der Waals surface area contributed by atoms with Gasteiger partial charge < -0.3 is 10.7 Å². The quantitative estimate of drug-likeness (QED) is 0.464. The molecule has 0 fully saturated rings. The van der Waals surface area contributed by atoms with Gasteiger partial charge in [-0.05, 0) is 36.2 Å². The highest BCUT2D eigenvalue weighted by atomic mass is 79.9. The molecule has 0 aliphatic heterocycles. The number of hydrogen-bond donors (Lipinski definition) is 3. The Bertz CT molecular complexity index is 1180. The van der Waals surface area contributed by atoms with Crippen LogP contribution in [0.1, 0.15) is 5.56 Å². The molecule has 0 radical (unpaired) electrons. The number of rotatable bonds is 1. The summed E-state index contributed by atoms with van der Waals surface area (Å²) in [4.78, 5) is 15.1. The second-order valence-corrected chi connectivity index (χ2v) is 6.50. The summed E-state index contributed by atoms with van der Waals surface area (Å²) in [5, 5.41) is 7.90. The standard InChI is InChI=1S/C17H12BrFN4O/c1-7-4-13-9(5-11(7)18)14(15(20)17(24)22-13)8-2-3-12(19)16-10(8)6-21-23-16/h2-6H,20H2,1H3,(H,21,23)(H,22,24). The van der Waals surface area contributed by atoms with Crippen molar-refractivity contribution >= 4 is 43.4 Å². The summed E-state index contributed by atoms with van der Waals surface area (Å²) in [5.74, 6) is -0.406. The minimum atomic E-state index is -0.406. The van der Waals surface area contributed by atoms with E-state index < -0.39 is 5.82 Å². The van der Waals surface area contributed by atoms with Crippen molar-refractivity contribution in [1.82, 2.24) is 15.2 Å². The summed E-state index contributed by atoms with van der Waals surface area (Å²) in [6, 6.07) is 6.73. The minimum Gasteiger partial charge on any atom is -0.394 e. The van der Waals surface area contributed by atoms with Crippen LogP contribution in [0.4, 0.5) is 10.1 Å². The van der Waals surface area contributed by atoms with Gasteiger partial charge in [0.2, 0.25) is 0 Å². The normalized spacial score (nSPS) is 11.5. The molecular weight excluding hydrogens is 375 g/mol. The second kappa shape index (κ2) is 5.17. The summed E-state index contributed by atoms with van der Waals surface area (Å²) in [6.07, 6.45) is 1.53. The Morgan fingerprint density at radius 1 is 1.25 bits per heavy atom. The molecule has 0 amide bonds. The average molecular weight is 387 g/mol. The van der Waals surface area contributed by atoms with Gasteiger partial charge in [0.1, 0.15) is 17.0 Å². The molecule has 2 aromatic carbocycles. The van der Waals surface area contributed by atoms with Crippen molar-refractivity contribution < 1.29 is 4.39 Å². The molecule has 4 aromatic rings. The molecule has 5 nitrogen and oxygen atoms in total. The van der Waals surface area contributed by atoms with Crippen LogP contribution in [0, 0.1) is 12.7 Å². The van der Waals surface area contributed by atoms with Gasteiger partial charge in [0, 0.05) is 26.3 Å². The highest BCUT2D eigenvalue weighted by Gasteiger charge is 2.17. The Kier molecular flexibility index (Phi) is 3.21. The van der Waals surface area contributed by atoms with Gasteiger partial charge in [0.15, 0.2) is 0 Å². The summed E-state index contributed by atoms with van der Waals surface area (Å²) in [7, 11) is 0. The van der Waals surface area contributed by atoms with Crippen molar-refractivity contribution in [3.05, 3.63) is 56.7 Å². The SMILES string of the molecule is Cc1cc2[nH]c(=O)c(N)c(-c3ccc(F)c4[nH]ncc34)c2cc1Br. The van der Waals surface area contributed by atoms with E-state index >= 15 is 0 Å². The molecular formula is C17H12BrFN4O.